The number of anilines is 1. The lowest BCUT2D eigenvalue weighted by Crippen LogP contribution is -2.15. The zero-order chi connectivity index (χ0) is 20.7. The fraction of sp³-hybridized carbons (Fsp3) is 0.0870. The Balaban J connectivity index is 1.51. The minimum atomic E-state index is -0.0991. The van der Waals surface area contributed by atoms with E-state index in [4.69, 9.17) is 21.6 Å². The summed E-state index contributed by atoms with van der Waals surface area (Å²) in [6, 6.07) is 21.3. The van der Waals surface area contributed by atoms with Crippen molar-refractivity contribution in [1.29, 1.82) is 0 Å². The minimum Gasteiger partial charge on any atom is -0.325 e. The van der Waals surface area contributed by atoms with E-state index in [0.717, 1.165) is 44.0 Å². The molecule has 5 rings (SSSR count). The van der Waals surface area contributed by atoms with Gasteiger partial charge in [-0.3, -0.25) is 9.20 Å². The average molecular weight is 433 g/mol. The molecule has 0 unspecified atom stereocenters. The number of carbonyl (C=O) groups excluding carboxylic acids is 1. The molecule has 0 aliphatic carbocycles. The monoisotopic (exact) mass is 432 g/mol. The Labute approximate surface area is 182 Å². The number of aromatic nitrogens is 3. The van der Waals surface area contributed by atoms with Gasteiger partial charge in [0, 0.05) is 16.1 Å². The number of rotatable bonds is 4. The van der Waals surface area contributed by atoms with Crippen LogP contribution >= 0.6 is 23.4 Å². The summed E-state index contributed by atoms with van der Waals surface area (Å²) in [5.41, 5.74) is 5.26. The molecule has 7 heteroatoms. The lowest BCUT2D eigenvalue weighted by Gasteiger charge is -2.10. The molecule has 2 heterocycles. The van der Waals surface area contributed by atoms with Crippen molar-refractivity contribution in [2.24, 2.45) is 0 Å². The fourth-order valence-corrected chi connectivity index (χ4v) is 4.53. The van der Waals surface area contributed by atoms with E-state index >= 15 is 0 Å². The largest absolute Gasteiger partial charge is 0.325 e. The van der Waals surface area contributed by atoms with Gasteiger partial charge in [-0.25, -0.2) is 9.97 Å². The number of imidazole rings is 1. The summed E-state index contributed by atoms with van der Waals surface area (Å²) in [7, 11) is 0. The maximum Gasteiger partial charge on any atom is 0.234 e. The summed E-state index contributed by atoms with van der Waals surface area (Å²) in [4.78, 5) is 22.2. The van der Waals surface area contributed by atoms with Gasteiger partial charge in [-0.1, -0.05) is 47.6 Å². The van der Waals surface area contributed by atoms with Crippen LogP contribution in [0.5, 0.6) is 0 Å². The van der Waals surface area contributed by atoms with E-state index in [-0.39, 0.29) is 11.7 Å². The van der Waals surface area contributed by atoms with E-state index in [9.17, 15) is 4.79 Å². The van der Waals surface area contributed by atoms with Crippen molar-refractivity contribution in [3.8, 4) is 0 Å². The molecule has 1 amide bonds. The van der Waals surface area contributed by atoms with Gasteiger partial charge < -0.3 is 5.32 Å². The van der Waals surface area contributed by atoms with Gasteiger partial charge in [0.2, 0.25) is 5.91 Å². The van der Waals surface area contributed by atoms with Gasteiger partial charge in [0.05, 0.1) is 22.3 Å². The predicted octanol–water partition coefficient (Wildman–Crippen LogP) is 5.73. The van der Waals surface area contributed by atoms with E-state index in [1.165, 1.54) is 11.8 Å². The second-order valence-electron chi connectivity index (χ2n) is 6.97. The van der Waals surface area contributed by atoms with E-state index < -0.39 is 0 Å². The van der Waals surface area contributed by atoms with Crippen molar-refractivity contribution in [3.05, 3.63) is 77.3 Å². The van der Waals surface area contributed by atoms with Crippen molar-refractivity contribution in [2.75, 3.05) is 11.1 Å². The summed E-state index contributed by atoms with van der Waals surface area (Å²) in [5, 5.41) is 5.32. The minimum absolute atomic E-state index is 0.0991. The standard InChI is InChI=1S/C23H17ClN4OS/c1-14-12-15(24)10-11-17(14)25-21(29)13-30-23-27-18-7-3-2-6-16(18)22-26-19-8-4-5-9-20(19)28(22)23/h2-12H,13H2,1H3,(H,25,29). The topological polar surface area (TPSA) is 59.3 Å². The second-order valence-corrected chi connectivity index (χ2v) is 8.35. The number of amides is 1. The number of carbonyl (C=O) groups is 1. The highest BCUT2D eigenvalue weighted by Gasteiger charge is 2.15. The first-order valence-corrected chi connectivity index (χ1v) is 10.8. The normalized spacial score (nSPS) is 11.4. The molecule has 0 atom stereocenters. The Hall–Kier alpha value is -3.09. The smallest absolute Gasteiger partial charge is 0.234 e. The van der Waals surface area contributed by atoms with Crippen LogP contribution in [0.1, 0.15) is 5.56 Å². The lowest BCUT2D eigenvalue weighted by molar-refractivity contribution is -0.113. The third-order valence-electron chi connectivity index (χ3n) is 4.91. The first-order chi connectivity index (χ1) is 14.6. The molecule has 2 aromatic heterocycles. The number of hydrogen-bond donors (Lipinski definition) is 1. The van der Waals surface area contributed by atoms with Gasteiger partial charge in [-0.2, -0.15) is 0 Å². The van der Waals surface area contributed by atoms with Crippen LogP contribution in [0.2, 0.25) is 5.02 Å². The SMILES string of the molecule is Cc1cc(Cl)ccc1NC(=O)CSc1nc2ccccc2c2nc3ccccc3n12. The molecule has 0 spiro atoms. The Morgan fingerprint density at radius 3 is 2.63 bits per heavy atom. The molecule has 0 saturated heterocycles. The van der Waals surface area contributed by atoms with Crippen LogP contribution in [0.25, 0.3) is 27.6 Å². The highest BCUT2D eigenvalue weighted by Crippen LogP contribution is 2.29. The first kappa shape index (κ1) is 18.9. The number of benzene rings is 3. The lowest BCUT2D eigenvalue weighted by atomic mass is 10.2. The maximum atomic E-state index is 12.6. The van der Waals surface area contributed by atoms with Crippen LogP contribution in [-0.2, 0) is 4.79 Å². The fourth-order valence-electron chi connectivity index (χ4n) is 3.49. The Morgan fingerprint density at radius 2 is 1.80 bits per heavy atom. The Bertz CT molecular complexity index is 1430. The molecule has 148 valence electrons. The summed E-state index contributed by atoms with van der Waals surface area (Å²) in [6.07, 6.45) is 0. The number of hydrogen-bond acceptors (Lipinski definition) is 4. The van der Waals surface area contributed by atoms with E-state index in [1.807, 2.05) is 72.0 Å². The molecule has 5 aromatic rings. The number of para-hydroxylation sites is 3. The summed E-state index contributed by atoms with van der Waals surface area (Å²) >= 11 is 7.40. The molecule has 30 heavy (non-hydrogen) atoms. The molecular formula is C23H17ClN4OS. The molecule has 0 saturated carbocycles. The van der Waals surface area contributed by atoms with Crippen molar-refractivity contribution in [3.63, 3.8) is 0 Å². The molecule has 0 radical (unpaired) electrons. The van der Waals surface area contributed by atoms with Gasteiger partial charge in [0.25, 0.3) is 0 Å². The number of halogens is 1. The molecule has 0 aliphatic heterocycles. The van der Waals surface area contributed by atoms with Gasteiger partial charge in [-0.15, -0.1) is 0 Å². The maximum absolute atomic E-state index is 12.6. The molecule has 0 aliphatic rings. The van der Waals surface area contributed by atoms with Crippen LogP contribution in [0.15, 0.2) is 71.9 Å². The number of thioether (sulfide) groups is 1. The molecule has 3 aromatic carbocycles. The van der Waals surface area contributed by atoms with Crippen LogP contribution < -0.4 is 5.32 Å². The zero-order valence-corrected chi connectivity index (χ0v) is 17.7. The van der Waals surface area contributed by atoms with Crippen molar-refractivity contribution >= 4 is 62.5 Å². The van der Waals surface area contributed by atoms with Gasteiger partial charge >= 0.3 is 0 Å². The highest BCUT2D eigenvalue weighted by atomic mass is 35.5. The van der Waals surface area contributed by atoms with Crippen molar-refractivity contribution in [1.82, 2.24) is 14.4 Å². The van der Waals surface area contributed by atoms with E-state index in [1.54, 1.807) is 6.07 Å². The van der Waals surface area contributed by atoms with Crippen LogP contribution in [0.4, 0.5) is 5.69 Å². The second kappa shape index (κ2) is 7.63. The third-order valence-corrected chi connectivity index (χ3v) is 6.08. The number of aryl methyl sites for hydroxylation is 1. The summed E-state index contributed by atoms with van der Waals surface area (Å²) in [6.45, 7) is 1.92. The van der Waals surface area contributed by atoms with E-state index in [0.29, 0.717) is 5.02 Å². The van der Waals surface area contributed by atoms with Crippen LogP contribution in [0.3, 0.4) is 0 Å². The first-order valence-electron chi connectivity index (χ1n) is 9.45. The van der Waals surface area contributed by atoms with Gasteiger partial charge in [-0.05, 0) is 55.0 Å². The molecular weight excluding hydrogens is 416 g/mol. The van der Waals surface area contributed by atoms with Gasteiger partial charge in [0.1, 0.15) is 5.65 Å². The quantitative estimate of drug-likeness (QED) is 0.291. The molecule has 5 nitrogen and oxygen atoms in total. The molecule has 1 N–H and O–H groups in total. The number of nitrogens with one attached hydrogen (secondary N) is 1. The van der Waals surface area contributed by atoms with Crippen molar-refractivity contribution < 1.29 is 4.79 Å². The average Bonchev–Trinajstić information content (AvgIpc) is 3.14. The predicted molar refractivity (Wildman–Crippen MR) is 124 cm³/mol. The Morgan fingerprint density at radius 1 is 1.03 bits per heavy atom. The summed E-state index contributed by atoms with van der Waals surface area (Å²) in [5.74, 6) is 0.132. The zero-order valence-electron chi connectivity index (χ0n) is 16.1. The van der Waals surface area contributed by atoms with Gasteiger partial charge in [0.15, 0.2) is 5.16 Å². The molecule has 0 bridgehead atoms. The third kappa shape index (κ3) is 3.38. The van der Waals surface area contributed by atoms with Crippen molar-refractivity contribution in [2.45, 2.75) is 12.1 Å². The highest BCUT2D eigenvalue weighted by molar-refractivity contribution is 7.99. The van der Waals surface area contributed by atoms with E-state index in [2.05, 4.69) is 5.32 Å². The number of fused-ring (bicyclic) bond motifs is 5. The van der Waals surface area contributed by atoms with Crippen LogP contribution in [0, 0.1) is 6.92 Å². The Kier molecular flexibility index (Phi) is 4.81. The van der Waals surface area contributed by atoms with Crippen LogP contribution in [-0.4, -0.2) is 26.0 Å². The summed E-state index contributed by atoms with van der Waals surface area (Å²) < 4.78 is 2.03. The molecule has 0 fully saturated rings. The number of nitrogens with zero attached hydrogens (tertiary/aromatic N) is 3.